The molecule has 21 heavy (non-hydrogen) atoms. The van der Waals surface area contributed by atoms with Crippen LogP contribution in [0.4, 0.5) is 14.9 Å². The van der Waals surface area contributed by atoms with Crippen molar-refractivity contribution in [2.24, 2.45) is 0 Å². The number of halogens is 1. The summed E-state index contributed by atoms with van der Waals surface area (Å²) in [6.07, 6.45) is 0.820. The number of amides is 1. The van der Waals surface area contributed by atoms with Crippen molar-refractivity contribution in [3.63, 3.8) is 0 Å². The van der Waals surface area contributed by atoms with Gasteiger partial charge in [0.05, 0.1) is 5.69 Å². The Labute approximate surface area is 118 Å². The Bertz CT molecular complexity index is 753. The average Bonchev–Trinajstić information content (AvgIpc) is 2.91. The molecule has 7 heteroatoms. The van der Waals surface area contributed by atoms with Gasteiger partial charge in [0.2, 0.25) is 0 Å². The van der Waals surface area contributed by atoms with Crippen LogP contribution in [0.5, 0.6) is 5.75 Å². The van der Waals surface area contributed by atoms with E-state index in [4.69, 9.17) is 9.84 Å². The molecule has 0 spiro atoms. The lowest BCUT2D eigenvalue weighted by atomic mass is 10.1. The average molecular weight is 290 g/mol. The summed E-state index contributed by atoms with van der Waals surface area (Å²) in [5, 5.41) is 11.4. The quantitative estimate of drug-likeness (QED) is 0.845. The summed E-state index contributed by atoms with van der Waals surface area (Å²) < 4.78 is 20.3. The van der Waals surface area contributed by atoms with Crippen LogP contribution in [0.15, 0.2) is 30.6 Å². The minimum atomic E-state index is -1.13. The second-order valence-corrected chi connectivity index (χ2v) is 4.67. The van der Waals surface area contributed by atoms with Gasteiger partial charge in [-0.25, -0.2) is 9.18 Å². The molecule has 2 aromatic rings. The summed E-state index contributed by atoms with van der Waals surface area (Å²) in [5.74, 6) is -0.983. The zero-order chi connectivity index (χ0) is 15.1. The maximum atomic E-state index is 14.1. The highest BCUT2D eigenvalue weighted by molar-refractivity contribution is 5.98. The van der Waals surface area contributed by atoms with Gasteiger partial charge in [-0.05, 0) is 30.7 Å². The van der Waals surface area contributed by atoms with Crippen molar-refractivity contribution < 1.29 is 23.8 Å². The van der Waals surface area contributed by atoms with E-state index in [2.05, 4.69) is 5.32 Å². The summed E-state index contributed by atoms with van der Waals surface area (Å²) in [6.45, 7) is 1.53. The number of anilines is 1. The number of aromatic nitrogens is 1. The van der Waals surface area contributed by atoms with Crippen LogP contribution in [0.2, 0.25) is 0 Å². The van der Waals surface area contributed by atoms with Crippen LogP contribution >= 0.6 is 0 Å². The third-order valence-corrected chi connectivity index (χ3v) is 3.21. The third-order valence-electron chi connectivity index (χ3n) is 3.21. The lowest BCUT2D eigenvalue weighted by Crippen LogP contribution is -2.34. The third kappa shape index (κ3) is 2.22. The van der Waals surface area contributed by atoms with Crippen molar-refractivity contribution in [3.05, 3.63) is 36.4 Å². The molecule has 1 aliphatic heterocycles. The zero-order valence-electron chi connectivity index (χ0n) is 11.0. The Morgan fingerprint density at radius 2 is 2.19 bits per heavy atom. The molecule has 1 atom stereocenters. The standard InChI is InChI=1S/C14H11FN2O4/c1-7-13(18)16-11-5-9(4-10(15)12(11)21-7)8-2-3-17(6-8)14(19)20/h2-7H,1H3,(H,16,18)(H,19,20)/t7-/m1/s1. The molecule has 0 unspecified atom stereocenters. The van der Waals surface area contributed by atoms with E-state index in [-0.39, 0.29) is 17.3 Å². The van der Waals surface area contributed by atoms with E-state index >= 15 is 0 Å². The fourth-order valence-corrected chi connectivity index (χ4v) is 2.12. The molecule has 0 saturated heterocycles. The molecule has 1 aliphatic rings. The number of hydrogen-bond donors (Lipinski definition) is 2. The van der Waals surface area contributed by atoms with Gasteiger partial charge in [0, 0.05) is 18.0 Å². The molecule has 3 rings (SSSR count). The number of ether oxygens (including phenoxy) is 1. The maximum Gasteiger partial charge on any atom is 0.415 e. The molecular formula is C14H11FN2O4. The van der Waals surface area contributed by atoms with Gasteiger partial charge in [0.15, 0.2) is 17.7 Å². The van der Waals surface area contributed by atoms with Gasteiger partial charge in [0.25, 0.3) is 5.91 Å². The second kappa shape index (κ2) is 4.62. The first-order valence-corrected chi connectivity index (χ1v) is 6.18. The smallest absolute Gasteiger partial charge is 0.415 e. The van der Waals surface area contributed by atoms with E-state index in [0.29, 0.717) is 11.1 Å². The van der Waals surface area contributed by atoms with Crippen molar-refractivity contribution in [1.29, 1.82) is 0 Å². The molecule has 2 heterocycles. The van der Waals surface area contributed by atoms with Gasteiger partial charge < -0.3 is 15.2 Å². The zero-order valence-corrected chi connectivity index (χ0v) is 11.0. The molecule has 0 saturated carbocycles. The van der Waals surface area contributed by atoms with Gasteiger partial charge in [-0.3, -0.25) is 9.36 Å². The van der Waals surface area contributed by atoms with Crippen LogP contribution in [0, 0.1) is 5.82 Å². The molecule has 108 valence electrons. The van der Waals surface area contributed by atoms with Gasteiger partial charge in [-0.2, -0.15) is 0 Å². The van der Waals surface area contributed by atoms with Crippen molar-refractivity contribution in [2.45, 2.75) is 13.0 Å². The number of hydrogen-bond acceptors (Lipinski definition) is 3. The number of carboxylic acid groups (broad SMARTS) is 1. The van der Waals surface area contributed by atoms with Crippen LogP contribution in [-0.4, -0.2) is 27.8 Å². The predicted octanol–water partition coefficient (Wildman–Crippen LogP) is 2.54. The topological polar surface area (TPSA) is 80.6 Å². The lowest BCUT2D eigenvalue weighted by molar-refractivity contribution is -0.122. The van der Waals surface area contributed by atoms with Gasteiger partial charge in [-0.1, -0.05) is 0 Å². The van der Waals surface area contributed by atoms with Crippen LogP contribution in [0.1, 0.15) is 6.92 Å². The number of nitrogens with one attached hydrogen (secondary N) is 1. The molecule has 0 bridgehead atoms. The summed E-state index contributed by atoms with van der Waals surface area (Å²) in [4.78, 5) is 22.4. The van der Waals surface area contributed by atoms with Crippen molar-refractivity contribution in [3.8, 4) is 16.9 Å². The highest BCUT2D eigenvalue weighted by Gasteiger charge is 2.27. The molecule has 6 nitrogen and oxygen atoms in total. The Hall–Kier alpha value is -2.83. The van der Waals surface area contributed by atoms with Crippen LogP contribution in [-0.2, 0) is 4.79 Å². The van der Waals surface area contributed by atoms with Crippen molar-refractivity contribution >= 4 is 17.7 Å². The molecule has 0 radical (unpaired) electrons. The summed E-state index contributed by atoms with van der Waals surface area (Å²) in [6, 6.07) is 4.33. The fourth-order valence-electron chi connectivity index (χ4n) is 2.12. The lowest BCUT2D eigenvalue weighted by Gasteiger charge is -2.24. The normalized spacial score (nSPS) is 16.9. The molecule has 0 fully saturated rings. The molecule has 1 aromatic heterocycles. The van der Waals surface area contributed by atoms with Gasteiger partial charge >= 0.3 is 6.09 Å². The summed E-state index contributed by atoms with van der Waals surface area (Å²) in [5.41, 5.74) is 1.20. The summed E-state index contributed by atoms with van der Waals surface area (Å²) in [7, 11) is 0. The monoisotopic (exact) mass is 290 g/mol. The first-order chi connectivity index (χ1) is 9.95. The van der Waals surface area contributed by atoms with E-state index in [1.165, 1.54) is 25.4 Å². The molecule has 1 aromatic carbocycles. The number of benzene rings is 1. The van der Waals surface area contributed by atoms with Gasteiger partial charge in [-0.15, -0.1) is 0 Å². The fraction of sp³-hybridized carbons (Fsp3) is 0.143. The van der Waals surface area contributed by atoms with Crippen LogP contribution < -0.4 is 10.1 Å². The van der Waals surface area contributed by atoms with Crippen molar-refractivity contribution in [2.75, 3.05) is 5.32 Å². The van der Waals surface area contributed by atoms with Crippen LogP contribution in [0.3, 0.4) is 0 Å². The number of carbonyl (C=O) groups is 2. The number of carbonyl (C=O) groups excluding carboxylic acids is 1. The Kier molecular flexibility index (Phi) is 2.90. The SMILES string of the molecule is C[C@H]1Oc2c(F)cc(-c3ccn(C(=O)O)c3)cc2NC1=O. The Morgan fingerprint density at radius 3 is 2.86 bits per heavy atom. The van der Waals surface area contributed by atoms with Crippen molar-refractivity contribution in [1.82, 2.24) is 4.57 Å². The Morgan fingerprint density at radius 1 is 1.43 bits per heavy atom. The van der Waals surface area contributed by atoms with E-state index in [1.807, 2.05) is 0 Å². The highest BCUT2D eigenvalue weighted by Crippen LogP contribution is 2.36. The van der Waals surface area contributed by atoms with Crippen LogP contribution in [0.25, 0.3) is 11.1 Å². The first kappa shape index (κ1) is 13.2. The number of fused-ring (bicyclic) bond motifs is 1. The van der Waals surface area contributed by atoms with E-state index in [1.54, 1.807) is 12.1 Å². The van der Waals surface area contributed by atoms with Gasteiger partial charge in [0.1, 0.15) is 0 Å². The predicted molar refractivity (Wildman–Crippen MR) is 72.0 cm³/mol. The Balaban J connectivity index is 2.05. The van der Waals surface area contributed by atoms with E-state index in [0.717, 1.165) is 4.57 Å². The number of rotatable bonds is 1. The highest BCUT2D eigenvalue weighted by atomic mass is 19.1. The number of nitrogens with zero attached hydrogens (tertiary/aromatic N) is 1. The van der Waals surface area contributed by atoms with E-state index in [9.17, 15) is 14.0 Å². The summed E-state index contributed by atoms with van der Waals surface area (Å²) >= 11 is 0. The molecule has 2 N–H and O–H groups in total. The minimum absolute atomic E-state index is 0.0106. The molecular weight excluding hydrogens is 279 g/mol. The largest absolute Gasteiger partial charge is 0.476 e. The first-order valence-electron chi connectivity index (χ1n) is 6.18. The minimum Gasteiger partial charge on any atom is -0.476 e. The molecule has 0 aliphatic carbocycles. The maximum absolute atomic E-state index is 14.1. The molecule has 1 amide bonds. The second-order valence-electron chi connectivity index (χ2n) is 4.67. The van der Waals surface area contributed by atoms with E-state index < -0.39 is 18.0 Å².